The molecule has 0 aromatic heterocycles. The number of hydrogen-bond donors (Lipinski definition) is 0. The fourth-order valence-corrected chi connectivity index (χ4v) is 2.21. The van der Waals surface area contributed by atoms with E-state index in [4.69, 9.17) is 14.2 Å². The number of ether oxygens (including phenoxy) is 3. The fourth-order valence-electron chi connectivity index (χ4n) is 2.21. The quantitative estimate of drug-likeness (QED) is 0.693. The van der Waals surface area contributed by atoms with Crippen molar-refractivity contribution in [1.82, 2.24) is 0 Å². The van der Waals surface area contributed by atoms with Gasteiger partial charge in [0.2, 0.25) is 0 Å². The number of carbonyl (C=O) groups excluding carboxylic acids is 1. The lowest BCUT2D eigenvalue weighted by Gasteiger charge is -2.10. The minimum Gasteiger partial charge on any atom is -0.378 e. The first-order valence-corrected chi connectivity index (χ1v) is 6.21. The van der Waals surface area contributed by atoms with Gasteiger partial charge in [0.15, 0.2) is 6.29 Å². The molecule has 0 bridgehead atoms. The second kappa shape index (κ2) is 6.33. The smallest absolute Gasteiger partial charge is 0.164 e. The van der Waals surface area contributed by atoms with E-state index in [0.717, 1.165) is 25.9 Å². The van der Waals surface area contributed by atoms with E-state index in [1.807, 2.05) is 0 Å². The maximum Gasteiger partial charge on any atom is 0.164 e. The van der Waals surface area contributed by atoms with Crippen LogP contribution in [0.2, 0.25) is 0 Å². The van der Waals surface area contributed by atoms with Gasteiger partial charge in [-0.05, 0) is 25.7 Å². The molecule has 4 heteroatoms. The van der Waals surface area contributed by atoms with Crippen molar-refractivity contribution >= 4 is 5.78 Å². The Morgan fingerprint density at radius 3 is 2.62 bits per heavy atom. The van der Waals surface area contributed by atoms with E-state index in [-0.39, 0.29) is 12.1 Å². The maximum absolute atomic E-state index is 11.6. The van der Waals surface area contributed by atoms with Crippen LogP contribution in [-0.2, 0) is 19.0 Å². The third-order valence-corrected chi connectivity index (χ3v) is 3.09. The Morgan fingerprint density at radius 2 is 1.94 bits per heavy atom. The molecule has 2 heterocycles. The van der Waals surface area contributed by atoms with Gasteiger partial charge in [0.05, 0.1) is 25.7 Å². The van der Waals surface area contributed by atoms with E-state index in [1.165, 1.54) is 6.42 Å². The Labute approximate surface area is 96.2 Å². The van der Waals surface area contributed by atoms with Crippen molar-refractivity contribution in [3.63, 3.8) is 0 Å². The van der Waals surface area contributed by atoms with Crippen molar-refractivity contribution in [3.05, 3.63) is 0 Å². The Bertz CT molecular complexity index is 217. The monoisotopic (exact) mass is 228 g/mol. The molecule has 0 N–H and O–H groups in total. The lowest BCUT2D eigenvalue weighted by Crippen LogP contribution is -2.14. The molecule has 2 saturated heterocycles. The average Bonchev–Trinajstić information content (AvgIpc) is 2.90. The molecule has 1 unspecified atom stereocenters. The molecule has 1 atom stereocenters. The summed E-state index contributed by atoms with van der Waals surface area (Å²) in [5.41, 5.74) is 0. The summed E-state index contributed by atoms with van der Waals surface area (Å²) < 4.78 is 16.0. The Hall–Kier alpha value is -0.450. The number of ketones is 1. The Balaban J connectivity index is 1.52. The third kappa shape index (κ3) is 3.85. The molecule has 0 saturated carbocycles. The van der Waals surface area contributed by atoms with E-state index in [9.17, 15) is 4.79 Å². The molecule has 2 aliphatic heterocycles. The van der Waals surface area contributed by atoms with Crippen molar-refractivity contribution in [2.45, 2.75) is 50.9 Å². The van der Waals surface area contributed by atoms with E-state index in [1.54, 1.807) is 0 Å². The average molecular weight is 228 g/mol. The van der Waals surface area contributed by atoms with Gasteiger partial charge in [-0.3, -0.25) is 4.79 Å². The lowest BCUT2D eigenvalue weighted by molar-refractivity contribution is -0.127. The van der Waals surface area contributed by atoms with Gasteiger partial charge in [0.1, 0.15) is 5.78 Å². The van der Waals surface area contributed by atoms with Gasteiger partial charge < -0.3 is 14.2 Å². The SMILES string of the molecule is O=C(CCCC1CCCO1)CC1OCCO1. The number of hydrogen-bond acceptors (Lipinski definition) is 4. The minimum absolute atomic E-state index is 0.241. The summed E-state index contributed by atoms with van der Waals surface area (Å²) in [6.45, 7) is 2.13. The summed E-state index contributed by atoms with van der Waals surface area (Å²) >= 11 is 0. The summed E-state index contributed by atoms with van der Waals surface area (Å²) in [5.74, 6) is 0.241. The molecule has 92 valence electrons. The van der Waals surface area contributed by atoms with E-state index in [0.29, 0.717) is 32.2 Å². The lowest BCUT2D eigenvalue weighted by atomic mass is 10.1. The summed E-state index contributed by atoms with van der Waals surface area (Å²) in [4.78, 5) is 11.6. The minimum atomic E-state index is -0.282. The molecule has 0 amide bonds. The van der Waals surface area contributed by atoms with Gasteiger partial charge in [-0.1, -0.05) is 0 Å². The molecule has 16 heavy (non-hydrogen) atoms. The molecule has 0 aromatic carbocycles. The molecule has 2 fully saturated rings. The number of Topliss-reactive ketones (excluding diaryl/α,β-unsaturated/α-hetero) is 1. The van der Waals surface area contributed by atoms with Gasteiger partial charge in [-0.15, -0.1) is 0 Å². The fraction of sp³-hybridized carbons (Fsp3) is 0.917. The topological polar surface area (TPSA) is 44.8 Å². The van der Waals surface area contributed by atoms with Crippen LogP contribution >= 0.6 is 0 Å². The standard InChI is InChI=1S/C12H20O4/c13-10(9-12-15-7-8-16-12)3-1-4-11-5-2-6-14-11/h11-12H,1-9H2. The molecular weight excluding hydrogens is 208 g/mol. The highest BCUT2D eigenvalue weighted by Crippen LogP contribution is 2.18. The van der Waals surface area contributed by atoms with Crippen LogP contribution in [-0.4, -0.2) is 38.0 Å². The Morgan fingerprint density at radius 1 is 1.12 bits per heavy atom. The van der Waals surface area contributed by atoms with Crippen molar-refractivity contribution in [3.8, 4) is 0 Å². The summed E-state index contributed by atoms with van der Waals surface area (Å²) in [6, 6.07) is 0. The summed E-state index contributed by atoms with van der Waals surface area (Å²) in [7, 11) is 0. The predicted molar refractivity (Wildman–Crippen MR) is 58.1 cm³/mol. The normalized spacial score (nSPS) is 26.4. The van der Waals surface area contributed by atoms with Crippen LogP contribution < -0.4 is 0 Å². The van der Waals surface area contributed by atoms with Gasteiger partial charge >= 0.3 is 0 Å². The van der Waals surface area contributed by atoms with Crippen molar-refractivity contribution in [1.29, 1.82) is 0 Å². The number of carbonyl (C=O) groups is 1. The largest absolute Gasteiger partial charge is 0.378 e. The van der Waals surface area contributed by atoms with Crippen molar-refractivity contribution in [2.24, 2.45) is 0 Å². The van der Waals surface area contributed by atoms with Crippen molar-refractivity contribution < 1.29 is 19.0 Å². The zero-order valence-corrected chi connectivity index (χ0v) is 9.65. The summed E-state index contributed by atoms with van der Waals surface area (Å²) in [6.07, 6.45) is 5.41. The molecule has 4 nitrogen and oxygen atoms in total. The first kappa shape index (κ1) is 12.0. The second-order valence-corrected chi connectivity index (χ2v) is 4.44. The zero-order valence-electron chi connectivity index (χ0n) is 9.65. The van der Waals surface area contributed by atoms with Crippen LogP contribution in [0, 0.1) is 0 Å². The van der Waals surface area contributed by atoms with Crippen LogP contribution in [0.25, 0.3) is 0 Å². The van der Waals surface area contributed by atoms with E-state index in [2.05, 4.69) is 0 Å². The van der Waals surface area contributed by atoms with Gasteiger partial charge in [0, 0.05) is 13.0 Å². The first-order chi connectivity index (χ1) is 7.84. The predicted octanol–water partition coefficient (Wildman–Crippen LogP) is 1.67. The Kier molecular flexibility index (Phi) is 4.75. The van der Waals surface area contributed by atoms with E-state index >= 15 is 0 Å². The highest BCUT2D eigenvalue weighted by molar-refractivity contribution is 5.78. The second-order valence-electron chi connectivity index (χ2n) is 4.44. The molecule has 0 aromatic rings. The molecule has 2 aliphatic rings. The zero-order chi connectivity index (χ0) is 11.2. The van der Waals surface area contributed by atoms with Crippen LogP contribution in [0.5, 0.6) is 0 Å². The third-order valence-electron chi connectivity index (χ3n) is 3.09. The molecule has 0 spiro atoms. The highest BCUT2D eigenvalue weighted by Gasteiger charge is 2.20. The van der Waals surface area contributed by atoms with Crippen molar-refractivity contribution in [2.75, 3.05) is 19.8 Å². The molecule has 2 rings (SSSR count). The van der Waals surface area contributed by atoms with Crippen LogP contribution in [0.4, 0.5) is 0 Å². The molecule has 0 radical (unpaired) electrons. The van der Waals surface area contributed by atoms with Gasteiger partial charge in [0.25, 0.3) is 0 Å². The van der Waals surface area contributed by atoms with Gasteiger partial charge in [-0.25, -0.2) is 0 Å². The highest BCUT2D eigenvalue weighted by atomic mass is 16.7. The summed E-state index contributed by atoms with van der Waals surface area (Å²) in [5, 5.41) is 0. The molecular formula is C12H20O4. The molecule has 0 aliphatic carbocycles. The first-order valence-electron chi connectivity index (χ1n) is 6.21. The van der Waals surface area contributed by atoms with Crippen LogP contribution in [0.3, 0.4) is 0 Å². The van der Waals surface area contributed by atoms with Gasteiger partial charge in [-0.2, -0.15) is 0 Å². The van der Waals surface area contributed by atoms with E-state index < -0.39 is 0 Å². The maximum atomic E-state index is 11.6. The number of rotatable bonds is 6. The van der Waals surface area contributed by atoms with Crippen LogP contribution in [0.1, 0.15) is 38.5 Å². The van der Waals surface area contributed by atoms with Crippen LogP contribution in [0.15, 0.2) is 0 Å².